The molecule has 0 aliphatic carbocycles. The largest absolute Gasteiger partial charge is 0.496 e. The van der Waals surface area contributed by atoms with Crippen molar-refractivity contribution in [3.63, 3.8) is 0 Å². The summed E-state index contributed by atoms with van der Waals surface area (Å²) in [7, 11) is 1.67. The average molecular weight is 286 g/mol. The number of hydrogen-bond acceptors (Lipinski definition) is 4. The van der Waals surface area contributed by atoms with Gasteiger partial charge in [-0.2, -0.15) is 0 Å². The molecule has 0 fully saturated rings. The van der Waals surface area contributed by atoms with Crippen molar-refractivity contribution >= 4 is 5.69 Å². The van der Waals surface area contributed by atoms with Gasteiger partial charge in [0.2, 0.25) is 0 Å². The van der Waals surface area contributed by atoms with E-state index >= 15 is 0 Å². The lowest BCUT2D eigenvalue weighted by Crippen LogP contribution is -2.05. The van der Waals surface area contributed by atoms with E-state index in [1.54, 1.807) is 7.11 Å². The first kappa shape index (κ1) is 15.2. The molecule has 2 aromatic rings. The van der Waals surface area contributed by atoms with Gasteiger partial charge in [0.05, 0.1) is 12.8 Å². The molecule has 4 heteroatoms. The van der Waals surface area contributed by atoms with Crippen molar-refractivity contribution in [2.24, 2.45) is 0 Å². The van der Waals surface area contributed by atoms with E-state index in [-0.39, 0.29) is 0 Å². The first-order chi connectivity index (χ1) is 9.93. The molecule has 0 radical (unpaired) electrons. The van der Waals surface area contributed by atoms with Gasteiger partial charge in [-0.1, -0.05) is 0 Å². The van der Waals surface area contributed by atoms with Crippen LogP contribution in [0.1, 0.15) is 27.9 Å². The number of hydrogen-bond donors (Lipinski definition) is 1. The van der Waals surface area contributed by atoms with Crippen LogP contribution in [0.3, 0.4) is 0 Å². The van der Waals surface area contributed by atoms with Crippen molar-refractivity contribution in [1.29, 1.82) is 0 Å². The monoisotopic (exact) mass is 286 g/mol. The van der Waals surface area contributed by atoms with Gasteiger partial charge in [-0.15, -0.1) is 0 Å². The first-order valence-electron chi connectivity index (χ1n) is 6.92. The van der Waals surface area contributed by atoms with Crippen molar-refractivity contribution in [2.75, 3.05) is 12.8 Å². The number of benzene rings is 1. The summed E-state index contributed by atoms with van der Waals surface area (Å²) in [4.78, 5) is 4.44. The second-order valence-corrected chi connectivity index (χ2v) is 5.31. The van der Waals surface area contributed by atoms with Crippen LogP contribution in [0.4, 0.5) is 5.69 Å². The predicted octanol–water partition coefficient (Wildman–Crippen LogP) is 3.49. The summed E-state index contributed by atoms with van der Waals surface area (Å²) in [5, 5.41) is 0. The smallest absolute Gasteiger partial charge is 0.131 e. The Balaban J connectivity index is 2.23. The number of pyridine rings is 1. The molecule has 21 heavy (non-hydrogen) atoms. The van der Waals surface area contributed by atoms with Crippen LogP contribution in [0.5, 0.6) is 11.5 Å². The van der Waals surface area contributed by atoms with Gasteiger partial charge in [-0.05, 0) is 51.0 Å². The minimum Gasteiger partial charge on any atom is -0.496 e. The van der Waals surface area contributed by atoms with Gasteiger partial charge in [0, 0.05) is 23.0 Å². The number of aromatic nitrogens is 1. The number of nitrogens with zero attached hydrogens (tertiary/aromatic N) is 1. The minimum atomic E-state index is 0.409. The molecular weight excluding hydrogens is 264 g/mol. The highest BCUT2D eigenvalue weighted by molar-refractivity contribution is 5.53. The van der Waals surface area contributed by atoms with Crippen LogP contribution in [0.15, 0.2) is 18.3 Å². The normalized spacial score (nSPS) is 10.5. The van der Waals surface area contributed by atoms with Crippen molar-refractivity contribution < 1.29 is 9.47 Å². The zero-order valence-electron chi connectivity index (χ0n) is 13.3. The molecule has 0 aliphatic heterocycles. The Morgan fingerprint density at radius 3 is 2.43 bits per heavy atom. The zero-order chi connectivity index (χ0) is 15.6. The number of nitrogen functional groups attached to an aromatic ring is 1. The lowest BCUT2D eigenvalue weighted by Gasteiger charge is -2.15. The number of methoxy groups -OCH3 is 1. The molecule has 112 valence electrons. The van der Waals surface area contributed by atoms with Crippen LogP contribution >= 0.6 is 0 Å². The summed E-state index contributed by atoms with van der Waals surface area (Å²) in [5.74, 6) is 1.70. The number of nitrogens with two attached hydrogens (primary N) is 1. The van der Waals surface area contributed by atoms with Gasteiger partial charge in [0.1, 0.15) is 18.1 Å². The van der Waals surface area contributed by atoms with Crippen molar-refractivity contribution in [2.45, 2.75) is 34.3 Å². The number of ether oxygens (including phenoxy) is 2. The van der Waals surface area contributed by atoms with Crippen LogP contribution in [-0.2, 0) is 6.61 Å². The summed E-state index contributed by atoms with van der Waals surface area (Å²) in [6.07, 6.45) is 1.81. The molecule has 0 saturated carbocycles. The topological polar surface area (TPSA) is 57.4 Å². The molecule has 1 aromatic carbocycles. The molecule has 2 rings (SSSR count). The van der Waals surface area contributed by atoms with Crippen LogP contribution in [0.25, 0.3) is 0 Å². The molecule has 4 nitrogen and oxygen atoms in total. The molecule has 0 spiro atoms. The van der Waals surface area contributed by atoms with E-state index in [9.17, 15) is 0 Å². The highest BCUT2D eigenvalue weighted by Crippen LogP contribution is 2.27. The van der Waals surface area contributed by atoms with Gasteiger partial charge >= 0.3 is 0 Å². The summed E-state index contributed by atoms with van der Waals surface area (Å²) in [6, 6.07) is 3.89. The third-order valence-electron chi connectivity index (χ3n) is 3.68. The van der Waals surface area contributed by atoms with Crippen molar-refractivity contribution in [3.05, 3.63) is 46.3 Å². The Morgan fingerprint density at radius 2 is 1.76 bits per heavy atom. The molecule has 0 bridgehead atoms. The van der Waals surface area contributed by atoms with Gasteiger partial charge in [-0.25, -0.2) is 0 Å². The van der Waals surface area contributed by atoms with E-state index in [0.717, 1.165) is 45.1 Å². The second-order valence-electron chi connectivity index (χ2n) is 5.31. The van der Waals surface area contributed by atoms with E-state index < -0.39 is 0 Å². The molecule has 0 atom stereocenters. The van der Waals surface area contributed by atoms with Crippen molar-refractivity contribution in [3.8, 4) is 11.5 Å². The molecule has 0 amide bonds. The van der Waals surface area contributed by atoms with Crippen molar-refractivity contribution in [1.82, 2.24) is 4.98 Å². The Bertz CT molecular complexity index is 666. The third-order valence-corrected chi connectivity index (χ3v) is 3.68. The fourth-order valence-corrected chi connectivity index (χ4v) is 2.33. The first-order valence-corrected chi connectivity index (χ1v) is 6.92. The molecule has 2 N–H and O–H groups in total. The summed E-state index contributed by atoms with van der Waals surface area (Å²) in [6.45, 7) is 8.35. The summed E-state index contributed by atoms with van der Waals surface area (Å²) >= 11 is 0. The highest BCUT2D eigenvalue weighted by Gasteiger charge is 2.11. The van der Waals surface area contributed by atoms with Crippen LogP contribution in [0.2, 0.25) is 0 Å². The molecule has 1 heterocycles. The fraction of sp³-hybridized carbons (Fsp3) is 0.353. The van der Waals surface area contributed by atoms with E-state index in [2.05, 4.69) is 4.98 Å². The lowest BCUT2D eigenvalue weighted by molar-refractivity contribution is 0.296. The van der Waals surface area contributed by atoms with E-state index in [1.165, 1.54) is 0 Å². The maximum atomic E-state index is 5.91. The summed E-state index contributed by atoms with van der Waals surface area (Å²) in [5.41, 5.74) is 11.6. The molecular formula is C17H22N2O2. The third kappa shape index (κ3) is 3.10. The second kappa shape index (κ2) is 6.04. The maximum absolute atomic E-state index is 5.91. The lowest BCUT2D eigenvalue weighted by atomic mass is 10.1. The number of anilines is 1. The van der Waals surface area contributed by atoms with E-state index in [4.69, 9.17) is 15.2 Å². The van der Waals surface area contributed by atoms with E-state index in [1.807, 2.05) is 46.0 Å². The van der Waals surface area contributed by atoms with Gasteiger partial charge in [-0.3, -0.25) is 4.98 Å². The number of rotatable bonds is 4. The Morgan fingerprint density at radius 1 is 1.05 bits per heavy atom. The van der Waals surface area contributed by atoms with E-state index in [0.29, 0.717) is 6.61 Å². The van der Waals surface area contributed by atoms with Gasteiger partial charge < -0.3 is 15.2 Å². The zero-order valence-corrected chi connectivity index (χ0v) is 13.3. The van der Waals surface area contributed by atoms with Crippen LogP contribution in [0, 0.1) is 27.7 Å². The van der Waals surface area contributed by atoms with Crippen LogP contribution in [-0.4, -0.2) is 12.1 Å². The SMILES string of the molecule is COc1c(C)cnc(COc2cc(C)c(N)cc2C)c1C. The average Bonchev–Trinajstić information content (AvgIpc) is 2.43. The fourth-order valence-electron chi connectivity index (χ4n) is 2.33. The summed E-state index contributed by atoms with van der Waals surface area (Å²) < 4.78 is 11.3. The Labute approximate surface area is 125 Å². The highest BCUT2D eigenvalue weighted by atomic mass is 16.5. The quantitative estimate of drug-likeness (QED) is 0.874. The Hall–Kier alpha value is -2.23. The molecule has 0 saturated heterocycles. The van der Waals surface area contributed by atoms with Crippen LogP contribution < -0.4 is 15.2 Å². The van der Waals surface area contributed by atoms with Gasteiger partial charge in [0.15, 0.2) is 0 Å². The molecule has 0 aliphatic rings. The molecule has 0 unspecified atom stereocenters. The standard InChI is InChI=1S/C17H22N2O2/c1-10-7-16(11(2)6-14(10)18)21-9-15-13(4)17(20-5)12(3)8-19-15/h6-8H,9,18H2,1-5H3. The molecule has 1 aromatic heterocycles. The number of aryl methyl sites for hydroxylation is 3. The maximum Gasteiger partial charge on any atom is 0.131 e. The minimum absolute atomic E-state index is 0.409. The predicted molar refractivity (Wildman–Crippen MR) is 84.9 cm³/mol. The Kier molecular flexibility index (Phi) is 4.36. The van der Waals surface area contributed by atoms with Gasteiger partial charge in [0.25, 0.3) is 0 Å².